The van der Waals surface area contributed by atoms with E-state index in [0.29, 0.717) is 11.8 Å². The highest BCUT2D eigenvalue weighted by molar-refractivity contribution is 7.90. The second kappa shape index (κ2) is 4.76. The third-order valence-electron chi connectivity index (χ3n) is 3.28. The first-order chi connectivity index (χ1) is 8.01. The summed E-state index contributed by atoms with van der Waals surface area (Å²) in [6.45, 7) is 0. The Morgan fingerprint density at radius 2 is 2.06 bits per heavy atom. The summed E-state index contributed by atoms with van der Waals surface area (Å²) in [5.74, 6) is 6.33. The molecule has 1 saturated carbocycles. The molecule has 0 spiro atoms. The monoisotopic (exact) mass is 254 g/mol. The predicted molar refractivity (Wildman–Crippen MR) is 68.1 cm³/mol. The van der Waals surface area contributed by atoms with Crippen LogP contribution in [0.15, 0.2) is 30.3 Å². The first-order valence-corrected chi connectivity index (χ1v) is 7.76. The van der Waals surface area contributed by atoms with Gasteiger partial charge in [0.25, 0.3) is 0 Å². The lowest BCUT2D eigenvalue weighted by molar-refractivity contribution is 0.496. The van der Waals surface area contributed by atoms with Crippen LogP contribution in [0.25, 0.3) is 0 Å². The number of hydrogen-bond donors (Lipinski definition) is 2. The van der Waals surface area contributed by atoms with E-state index >= 15 is 0 Å². The van der Waals surface area contributed by atoms with Gasteiger partial charge in [-0.2, -0.15) is 0 Å². The summed E-state index contributed by atoms with van der Waals surface area (Å²) in [5, 5.41) is 0. The van der Waals surface area contributed by atoms with Crippen LogP contribution in [0.1, 0.15) is 17.9 Å². The Kier molecular flexibility index (Phi) is 3.51. The molecule has 3 N–H and O–H groups in total. The average Bonchev–Trinajstić information content (AvgIpc) is 3.06. The summed E-state index contributed by atoms with van der Waals surface area (Å²) in [4.78, 5) is 0. The zero-order chi connectivity index (χ0) is 12.5. The number of nitrogens with one attached hydrogen (secondary N) is 1. The minimum atomic E-state index is -2.99. The van der Waals surface area contributed by atoms with Gasteiger partial charge in [0.2, 0.25) is 0 Å². The molecule has 3 atom stereocenters. The normalized spacial score (nSPS) is 25.5. The summed E-state index contributed by atoms with van der Waals surface area (Å²) in [6.07, 6.45) is 2.26. The molecule has 1 aliphatic carbocycles. The number of rotatable bonds is 5. The van der Waals surface area contributed by atoms with Crippen LogP contribution in [0.2, 0.25) is 0 Å². The highest BCUT2D eigenvalue weighted by Gasteiger charge is 2.44. The van der Waals surface area contributed by atoms with Crippen molar-refractivity contribution in [3.8, 4) is 0 Å². The van der Waals surface area contributed by atoms with E-state index in [1.807, 2.05) is 18.2 Å². The Bertz CT molecular complexity index is 473. The van der Waals surface area contributed by atoms with Crippen LogP contribution in [0.3, 0.4) is 0 Å². The molecular weight excluding hydrogens is 236 g/mol. The molecular formula is C12H18N2O2S. The van der Waals surface area contributed by atoms with Crippen molar-refractivity contribution in [2.75, 3.05) is 12.0 Å². The molecule has 17 heavy (non-hydrogen) atoms. The van der Waals surface area contributed by atoms with Gasteiger partial charge in [-0.05, 0) is 23.8 Å². The zero-order valence-electron chi connectivity index (χ0n) is 9.84. The summed E-state index contributed by atoms with van der Waals surface area (Å²) in [6, 6.07) is 10.0. The largest absolute Gasteiger partial charge is 0.271 e. The van der Waals surface area contributed by atoms with E-state index < -0.39 is 9.84 Å². The highest BCUT2D eigenvalue weighted by Crippen LogP contribution is 2.49. The van der Waals surface area contributed by atoms with Crippen LogP contribution in [-0.2, 0) is 9.84 Å². The summed E-state index contributed by atoms with van der Waals surface area (Å²) >= 11 is 0. The lowest BCUT2D eigenvalue weighted by Crippen LogP contribution is -2.42. The minimum Gasteiger partial charge on any atom is -0.271 e. The van der Waals surface area contributed by atoms with Crippen molar-refractivity contribution in [3.05, 3.63) is 35.9 Å². The Morgan fingerprint density at radius 3 is 2.59 bits per heavy atom. The lowest BCUT2D eigenvalue weighted by Gasteiger charge is -2.14. The average molecular weight is 254 g/mol. The summed E-state index contributed by atoms with van der Waals surface area (Å²) in [7, 11) is -2.99. The molecule has 0 amide bonds. The second-order valence-corrected chi connectivity index (χ2v) is 6.97. The molecule has 94 valence electrons. The lowest BCUT2D eigenvalue weighted by atomic mass is 10.1. The molecule has 0 heterocycles. The van der Waals surface area contributed by atoms with Crippen molar-refractivity contribution in [1.29, 1.82) is 0 Å². The van der Waals surface area contributed by atoms with E-state index in [1.165, 1.54) is 11.8 Å². The quantitative estimate of drug-likeness (QED) is 0.598. The number of nitrogens with two attached hydrogens (primary N) is 1. The Balaban J connectivity index is 2.02. The number of sulfone groups is 1. The molecule has 3 unspecified atom stereocenters. The van der Waals surface area contributed by atoms with Crippen molar-refractivity contribution in [2.45, 2.75) is 18.4 Å². The maximum absolute atomic E-state index is 11.3. The van der Waals surface area contributed by atoms with Crippen LogP contribution >= 0.6 is 0 Å². The Hall–Kier alpha value is -0.910. The van der Waals surface area contributed by atoms with Gasteiger partial charge in [0.05, 0.1) is 5.75 Å². The van der Waals surface area contributed by atoms with Gasteiger partial charge in [-0.3, -0.25) is 11.3 Å². The van der Waals surface area contributed by atoms with Gasteiger partial charge in [0.1, 0.15) is 9.84 Å². The first-order valence-electron chi connectivity index (χ1n) is 5.70. The molecule has 0 aliphatic heterocycles. The first kappa shape index (κ1) is 12.5. The molecule has 1 aliphatic rings. The molecule has 0 bridgehead atoms. The third kappa shape index (κ3) is 3.28. The molecule has 0 saturated heterocycles. The van der Waals surface area contributed by atoms with Gasteiger partial charge in [0, 0.05) is 12.3 Å². The molecule has 1 aromatic carbocycles. The maximum atomic E-state index is 11.3. The van der Waals surface area contributed by atoms with Crippen molar-refractivity contribution < 1.29 is 8.42 Å². The van der Waals surface area contributed by atoms with Crippen LogP contribution in [0, 0.1) is 5.92 Å². The number of benzene rings is 1. The van der Waals surface area contributed by atoms with Crippen LogP contribution in [0.4, 0.5) is 0 Å². The standard InChI is InChI=1S/C12H18N2O2S/c1-17(15,16)8-12(14-13)11-7-10(11)9-5-3-2-4-6-9/h2-6,10-12,14H,7-8,13H2,1H3. The second-order valence-electron chi connectivity index (χ2n) is 4.78. The molecule has 1 aromatic rings. The van der Waals surface area contributed by atoms with Gasteiger partial charge in [-0.25, -0.2) is 8.42 Å². The number of hydrogen-bond acceptors (Lipinski definition) is 4. The van der Waals surface area contributed by atoms with Gasteiger partial charge in [0.15, 0.2) is 0 Å². The van der Waals surface area contributed by atoms with E-state index in [2.05, 4.69) is 17.6 Å². The SMILES string of the molecule is CS(=O)(=O)CC(NN)C1CC1c1ccccc1. The van der Waals surface area contributed by atoms with Gasteiger partial charge >= 0.3 is 0 Å². The van der Waals surface area contributed by atoms with Gasteiger partial charge in [-0.1, -0.05) is 30.3 Å². The minimum absolute atomic E-state index is 0.109. The molecule has 1 fully saturated rings. The zero-order valence-corrected chi connectivity index (χ0v) is 10.7. The topological polar surface area (TPSA) is 72.2 Å². The molecule has 0 aromatic heterocycles. The van der Waals surface area contributed by atoms with Crippen molar-refractivity contribution >= 4 is 9.84 Å². The Labute approximate surface area is 102 Å². The van der Waals surface area contributed by atoms with E-state index in [-0.39, 0.29) is 11.8 Å². The maximum Gasteiger partial charge on any atom is 0.149 e. The van der Waals surface area contributed by atoms with Crippen LogP contribution in [0.5, 0.6) is 0 Å². The Morgan fingerprint density at radius 1 is 1.41 bits per heavy atom. The van der Waals surface area contributed by atoms with E-state index in [1.54, 1.807) is 0 Å². The van der Waals surface area contributed by atoms with Gasteiger partial charge < -0.3 is 0 Å². The van der Waals surface area contributed by atoms with Crippen LogP contribution in [-0.4, -0.2) is 26.5 Å². The van der Waals surface area contributed by atoms with Crippen molar-refractivity contribution in [3.63, 3.8) is 0 Å². The van der Waals surface area contributed by atoms with Crippen LogP contribution < -0.4 is 11.3 Å². The fraction of sp³-hybridized carbons (Fsp3) is 0.500. The van der Waals surface area contributed by atoms with E-state index in [0.717, 1.165) is 6.42 Å². The predicted octanol–water partition coefficient (Wildman–Crippen LogP) is 0.667. The van der Waals surface area contributed by atoms with Crippen molar-refractivity contribution in [2.24, 2.45) is 11.8 Å². The smallest absolute Gasteiger partial charge is 0.149 e. The molecule has 5 heteroatoms. The van der Waals surface area contributed by atoms with Crippen molar-refractivity contribution in [1.82, 2.24) is 5.43 Å². The third-order valence-corrected chi connectivity index (χ3v) is 4.25. The summed E-state index contributed by atoms with van der Waals surface area (Å²) < 4.78 is 22.6. The highest BCUT2D eigenvalue weighted by atomic mass is 32.2. The molecule has 4 nitrogen and oxygen atoms in total. The summed E-state index contributed by atoms with van der Waals surface area (Å²) in [5.41, 5.74) is 3.91. The number of hydrazine groups is 1. The molecule has 0 radical (unpaired) electrons. The van der Waals surface area contributed by atoms with Gasteiger partial charge in [-0.15, -0.1) is 0 Å². The van der Waals surface area contributed by atoms with E-state index in [4.69, 9.17) is 5.84 Å². The fourth-order valence-electron chi connectivity index (χ4n) is 2.36. The fourth-order valence-corrected chi connectivity index (χ4v) is 3.36. The van der Waals surface area contributed by atoms with E-state index in [9.17, 15) is 8.42 Å². The molecule has 2 rings (SSSR count).